The highest BCUT2D eigenvalue weighted by molar-refractivity contribution is 8.00. The molecular weight excluding hydrogens is 253 g/mol. The van der Waals surface area contributed by atoms with Crippen LogP contribution in [0, 0.1) is 0 Å². The summed E-state index contributed by atoms with van der Waals surface area (Å²) in [6.07, 6.45) is 0.0742. The topological polar surface area (TPSA) is 26.3 Å². The van der Waals surface area contributed by atoms with Crippen LogP contribution in [-0.2, 0) is 16.0 Å². The molecule has 0 atom stereocenters. The van der Waals surface area contributed by atoms with Crippen LogP contribution in [0.25, 0.3) is 0 Å². The smallest absolute Gasteiger partial charge is 0.446 e. The number of ether oxygens (including phenoxy) is 1. The van der Waals surface area contributed by atoms with Gasteiger partial charge < -0.3 is 4.74 Å². The highest BCUT2D eigenvalue weighted by atomic mass is 32.2. The van der Waals surface area contributed by atoms with E-state index in [0.29, 0.717) is 12.2 Å². The molecule has 0 aliphatic heterocycles. The Balaban J connectivity index is 2.59. The highest BCUT2D eigenvalue weighted by Gasteiger charge is 2.28. The molecule has 0 radical (unpaired) electrons. The molecule has 0 fully saturated rings. The first-order valence-electron chi connectivity index (χ1n) is 4.91. The average Bonchev–Trinajstić information content (AvgIpc) is 2.19. The first-order chi connectivity index (χ1) is 7.90. The van der Waals surface area contributed by atoms with Gasteiger partial charge >= 0.3 is 11.5 Å². The quantitative estimate of drug-likeness (QED) is 0.616. The van der Waals surface area contributed by atoms with E-state index in [4.69, 9.17) is 4.74 Å². The molecule has 0 saturated carbocycles. The normalized spacial score (nSPS) is 11.3. The van der Waals surface area contributed by atoms with Crippen LogP contribution in [0.2, 0.25) is 0 Å². The van der Waals surface area contributed by atoms with Crippen molar-refractivity contribution in [3.8, 4) is 0 Å². The van der Waals surface area contributed by atoms with Gasteiger partial charge in [0, 0.05) is 4.90 Å². The van der Waals surface area contributed by atoms with Crippen molar-refractivity contribution in [2.45, 2.75) is 23.7 Å². The Bertz CT molecular complexity index is 373. The van der Waals surface area contributed by atoms with Crippen LogP contribution in [0.1, 0.15) is 12.5 Å². The summed E-state index contributed by atoms with van der Waals surface area (Å²) < 4.78 is 40.9. The Kier molecular flexibility index (Phi) is 4.86. The van der Waals surface area contributed by atoms with Crippen LogP contribution in [0.4, 0.5) is 13.2 Å². The molecule has 2 nitrogen and oxygen atoms in total. The number of alkyl halides is 3. The maximum Gasteiger partial charge on any atom is 0.446 e. The van der Waals surface area contributed by atoms with Crippen molar-refractivity contribution in [1.29, 1.82) is 0 Å². The van der Waals surface area contributed by atoms with E-state index in [0.717, 1.165) is 0 Å². The molecule has 0 heterocycles. The Morgan fingerprint density at radius 3 is 2.35 bits per heavy atom. The largest absolute Gasteiger partial charge is 0.466 e. The number of carbonyl (C=O) groups is 1. The van der Waals surface area contributed by atoms with E-state index in [1.165, 1.54) is 24.3 Å². The first kappa shape index (κ1) is 13.9. The van der Waals surface area contributed by atoms with Gasteiger partial charge in [-0.3, -0.25) is 4.79 Å². The zero-order valence-corrected chi connectivity index (χ0v) is 9.90. The molecule has 0 aromatic heterocycles. The van der Waals surface area contributed by atoms with Crippen LogP contribution in [-0.4, -0.2) is 18.1 Å². The summed E-state index contributed by atoms with van der Waals surface area (Å²) in [7, 11) is 0. The molecule has 94 valence electrons. The summed E-state index contributed by atoms with van der Waals surface area (Å²) in [5, 5.41) is 0. The summed E-state index contributed by atoms with van der Waals surface area (Å²) in [6.45, 7) is 1.99. The number of rotatable bonds is 4. The van der Waals surface area contributed by atoms with Crippen molar-refractivity contribution in [1.82, 2.24) is 0 Å². The third kappa shape index (κ3) is 5.63. The molecule has 0 bridgehead atoms. The van der Waals surface area contributed by atoms with Gasteiger partial charge in [0.15, 0.2) is 0 Å². The molecular formula is C11H11F3O2S. The third-order valence-corrected chi connectivity index (χ3v) is 2.55. The second kappa shape index (κ2) is 5.95. The van der Waals surface area contributed by atoms with Crippen LogP contribution in [0.3, 0.4) is 0 Å². The predicted molar refractivity (Wildman–Crippen MR) is 58.7 cm³/mol. The van der Waals surface area contributed by atoms with E-state index >= 15 is 0 Å². The lowest BCUT2D eigenvalue weighted by Gasteiger charge is -2.06. The second-order valence-corrected chi connectivity index (χ2v) is 4.31. The van der Waals surface area contributed by atoms with Gasteiger partial charge in [-0.2, -0.15) is 13.2 Å². The zero-order chi connectivity index (χ0) is 12.9. The molecule has 0 unspecified atom stereocenters. The Hall–Kier alpha value is -1.17. The van der Waals surface area contributed by atoms with Crippen molar-refractivity contribution in [2.24, 2.45) is 0 Å². The number of thioether (sulfide) groups is 1. The summed E-state index contributed by atoms with van der Waals surface area (Å²) in [5.74, 6) is -0.385. The van der Waals surface area contributed by atoms with Crippen LogP contribution >= 0.6 is 11.8 Å². The van der Waals surface area contributed by atoms with E-state index in [9.17, 15) is 18.0 Å². The summed E-state index contributed by atoms with van der Waals surface area (Å²) in [6, 6.07) is 5.66. The van der Waals surface area contributed by atoms with Gasteiger partial charge in [0.2, 0.25) is 0 Å². The molecule has 6 heteroatoms. The van der Waals surface area contributed by atoms with Gasteiger partial charge in [-0.05, 0) is 36.4 Å². The van der Waals surface area contributed by atoms with Gasteiger partial charge in [-0.1, -0.05) is 12.1 Å². The minimum absolute atomic E-state index is 0.0742. The summed E-state index contributed by atoms with van der Waals surface area (Å²) in [5.41, 5.74) is -3.65. The Labute approximate surface area is 101 Å². The number of benzene rings is 1. The molecule has 0 aliphatic rings. The first-order valence-corrected chi connectivity index (χ1v) is 5.72. The van der Waals surface area contributed by atoms with Gasteiger partial charge in [0.05, 0.1) is 13.0 Å². The minimum atomic E-state index is -4.29. The van der Waals surface area contributed by atoms with Crippen molar-refractivity contribution in [2.75, 3.05) is 6.61 Å². The number of hydrogen-bond acceptors (Lipinski definition) is 3. The monoisotopic (exact) mass is 264 g/mol. The van der Waals surface area contributed by atoms with Crippen molar-refractivity contribution < 1.29 is 22.7 Å². The average molecular weight is 264 g/mol. The number of halogens is 3. The van der Waals surface area contributed by atoms with Crippen LogP contribution in [0.5, 0.6) is 0 Å². The van der Waals surface area contributed by atoms with Crippen LogP contribution < -0.4 is 0 Å². The number of carbonyl (C=O) groups excluding carboxylic acids is 1. The second-order valence-electron chi connectivity index (χ2n) is 3.17. The fourth-order valence-electron chi connectivity index (χ4n) is 1.19. The maximum atomic E-state index is 12.0. The minimum Gasteiger partial charge on any atom is -0.466 e. The lowest BCUT2D eigenvalue weighted by Crippen LogP contribution is -2.07. The number of esters is 1. The molecule has 0 saturated heterocycles. The Morgan fingerprint density at radius 1 is 1.29 bits per heavy atom. The van der Waals surface area contributed by atoms with E-state index in [2.05, 4.69) is 0 Å². The lowest BCUT2D eigenvalue weighted by atomic mass is 10.1. The summed E-state index contributed by atoms with van der Waals surface area (Å²) in [4.78, 5) is 11.2. The molecule has 0 N–H and O–H groups in total. The van der Waals surface area contributed by atoms with Crippen molar-refractivity contribution in [3.63, 3.8) is 0 Å². The van der Waals surface area contributed by atoms with E-state index in [1.807, 2.05) is 0 Å². The van der Waals surface area contributed by atoms with Crippen molar-refractivity contribution >= 4 is 17.7 Å². The summed E-state index contributed by atoms with van der Waals surface area (Å²) >= 11 is -0.178. The molecule has 0 spiro atoms. The third-order valence-electron chi connectivity index (χ3n) is 1.81. The van der Waals surface area contributed by atoms with Crippen molar-refractivity contribution in [3.05, 3.63) is 29.8 Å². The number of hydrogen-bond donors (Lipinski definition) is 0. The fraction of sp³-hybridized carbons (Fsp3) is 0.364. The highest BCUT2D eigenvalue weighted by Crippen LogP contribution is 2.36. The molecule has 0 aliphatic carbocycles. The van der Waals surface area contributed by atoms with E-state index in [1.54, 1.807) is 6.92 Å². The van der Waals surface area contributed by atoms with E-state index in [-0.39, 0.29) is 29.0 Å². The van der Waals surface area contributed by atoms with E-state index < -0.39 is 5.51 Å². The standard InChI is InChI=1S/C11H11F3O2S/c1-2-16-10(15)7-8-3-5-9(6-4-8)17-11(12,13)14/h3-6H,2,7H2,1H3. The van der Waals surface area contributed by atoms with Gasteiger partial charge in [0.25, 0.3) is 0 Å². The fourth-order valence-corrected chi connectivity index (χ4v) is 1.73. The van der Waals surface area contributed by atoms with Gasteiger partial charge in [0.1, 0.15) is 0 Å². The molecule has 0 amide bonds. The molecule has 1 rings (SSSR count). The molecule has 1 aromatic rings. The Morgan fingerprint density at radius 2 is 1.88 bits per heavy atom. The lowest BCUT2D eigenvalue weighted by molar-refractivity contribution is -0.142. The molecule has 17 heavy (non-hydrogen) atoms. The maximum absolute atomic E-state index is 12.0. The molecule has 1 aromatic carbocycles. The predicted octanol–water partition coefficient (Wildman–Crippen LogP) is 3.40. The van der Waals surface area contributed by atoms with Gasteiger partial charge in [-0.25, -0.2) is 0 Å². The van der Waals surface area contributed by atoms with Gasteiger partial charge in [-0.15, -0.1) is 0 Å². The zero-order valence-electron chi connectivity index (χ0n) is 9.08. The SMILES string of the molecule is CCOC(=O)Cc1ccc(SC(F)(F)F)cc1. The van der Waals surface area contributed by atoms with Crippen LogP contribution in [0.15, 0.2) is 29.2 Å².